The number of rotatable bonds is 6. The maximum atomic E-state index is 13.2. The van der Waals surface area contributed by atoms with Crippen LogP contribution in [0.25, 0.3) is 0 Å². The molecule has 4 rings (SSSR count). The fraction of sp³-hybridized carbons (Fsp3) is 0.0385. The second kappa shape index (κ2) is 8.03. The minimum atomic E-state index is -1.44. The summed E-state index contributed by atoms with van der Waals surface area (Å²) in [7, 11) is 0. The Morgan fingerprint density at radius 2 is 0.862 bits per heavy atom. The van der Waals surface area contributed by atoms with E-state index < -0.39 is 11.5 Å². The van der Waals surface area contributed by atoms with E-state index in [0.717, 1.165) is 11.4 Å². The predicted molar refractivity (Wildman–Crippen MR) is 116 cm³/mol. The van der Waals surface area contributed by atoms with Crippen LogP contribution in [0.3, 0.4) is 0 Å². The van der Waals surface area contributed by atoms with Crippen LogP contribution < -0.4 is 4.90 Å². The first-order valence-corrected chi connectivity index (χ1v) is 9.49. The van der Waals surface area contributed by atoms with Crippen molar-refractivity contribution in [3.05, 3.63) is 132 Å². The lowest BCUT2D eigenvalue weighted by Crippen LogP contribution is -2.51. The van der Waals surface area contributed by atoms with E-state index in [4.69, 9.17) is 0 Å². The van der Waals surface area contributed by atoms with Crippen molar-refractivity contribution in [2.24, 2.45) is 0 Å². The fourth-order valence-electron chi connectivity index (χ4n) is 3.82. The van der Waals surface area contributed by atoms with E-state index in [9.17, 15) is 9.90 Å². The van der Waals surface area contributed by atoms with Crippen molar-refractivity contribution in [2.75, 3.05) is 4.90 Å². The number of carboxylic acids is 1. The zero-order chi connectivity index (χ0) is 20.1. The number of benzene rings is 4. The molecule has 0 radical (unpaired) electrons. The Morgan fingerprint density at radius 1 is 0.552 bits per heavy atom. The molecule has 1 N–H and O–H groups in total. The van der Waals surface area contributed by atoms with Gasteiger partial charge in [-0.2, -0.15) is 0 Å². The summed E-state index contributed by atoms with van der Waals surface area (Å²) >= 11 is 0. The van der Waals surface area contributed by atoms with E-state index in [-0.39, 0.29) is 0 Å². The van der Waals surface area contributed by atoms with Crippen molar-refractivity contribution in [3.8, 4) is 0 Å². The van der Waals surface area contributed by atoms with E-state index in [0.29, 0.717) is 11.1 Å². The fourth-order valence-corrected chi connectivity index (χ4v) is 3.82. The highest BCUT2D eigenvalue weighted by molar-refractivity contribution is 5.93. The standard InChI is InChI=1S/C26H21NO2/c28-25(29)26(21-13-5-1-6-14-21,22-15-7-2-8-16-22)27(23-17-9-3-10-18-23)24-19-11-4-12-20-24/h1-20H,(H,28,29). The van der Waals surface area contributed by atoms with Crippen LogP contribution in [0.4, 0.5) is 11.4 Å². The summed E-state index contributed by atoms with van der Waals surface area (Å²) < 4.78 is 0. The van der Waals surface area contributed by atoms with Gasteiger partial charge in [0.25, 0.3) is 0 Å². The topological polar surface area (TPSA) is 40.5 Å². The van der Waals surface area contributed by atoms with Gasteiger partial charge in [-0.05, 0) is 35.4 Å². The third-order valence-corrected chi connectivity index (χ3v) is 5.06. The van der Waals surface area contributed by atoms with E-state index in [1.54, 1.807) is 0 Å². The highest BCUT2D eigenvalue weighted by Crippen LogP contribution is 2.44. The molecular weight excluding hydrogens is 358 g/mol. The van der Waals surface area contributed by atoms with Gasteiger partial charge in [-0.1, -0.05) is 97.1 Å². The third-order valence-electron chi connectivity index (χ3n) is 5.06. The number of hydrogen-bond donors (Lipinski definition) is 1. The molecule has 0 spiro atoms. The summed E-state index contributed by atoms with van der Waals surface area (Å²) in [5, 5.41) is 10.8. The SMILES string of the molecule is O=C(O)C(c1ccccc1)(c1ccccc1)N(c1ccccc1)c1ccccc1. The number of para-hydroxylation sites is 2. The molecule has 0 aromatic heterocycles. The summed E-state index contributed by atoms with van der Waals surface area (Å²) in [5.74, 6) is -0.942. The maximum Gasteiger partial charge on any atom is 0.339 e. The van der Waals surface area contributed by atoms with E-state index in [1.807, 2.05) is 126 Å². The lowest BCUT2D eigenvalue weighted by atomic mass is 9.80. The molecule has 29 heavy (non-hydrogen) atoms. The van der Waals surface area contributed by atoms with Gasteiger partial charge in [0.05, 0.1) is 0 Å². The summed E-state index contributed by atoms with van der Waals surface area (Å²) in [6.45, 7) is 0. The van der Waals surface area contributed by atoms with Crippen LogP contribution in [-0.4, -0.2) is 11.1 Å². The molecule has 0 unspecified atom stereocenters. The normalized spacial score (nSPS) is 11.0. The Balaban J connectivity index is 2.11. The van der Waals surface area contributed by atoms with Crippen molar-refractivity contribution >= 4 is 17.3 Å². The molecule has 142 valence electrons. The molecule has 0 bridgehead atoms. The molecule has 0 saturated heterocycles. The van der Waals surface area contributed by atoms with Gasteiger partial charge >= 0.3 is 5.97 Å². The third kappa shape index (κ3) is 3.27. The number of carbonyl (C=O) groups is 1. The quantitative estimate of drug-likeness (QED) is 0.457. The molecule has 0 aliphatic heterocycles. The first-order chi connectivity index (χ1) is 14.2. The van der Waals surface area contributed by atoms with Crippen molar-refractivity contribution in [3.63, 3.8) is 0 Å². The van der Waals surface area contributed by atoms with E-state index in [2.05, 4.69) is 0 Å². The van der Waals surface area contributed by atoms with Crippen LogP contribution in [0.15, 0.2) is 121 Å². The second-order valence-electron chi connectivity index (χ2n) is 6.75. The molecule has 0 aliphatic rings. The molecule has 0 atom stereocenters. The monoisotopic (exact) mass is 379 g/mol. The van der Waals surface area contributed by atoms with Crippen LogP contribution in [0.2, 0.25) is 0 Å². The van der Waals surface area contributed by atoms with Gasteiger partial charge in [0.15, 0.2) is 5.54 Å². The molecule has 4 aromatic carbocycles. The predicted octanol–water partition coefficient (Wildman–Crippen LogP) is 5.85. The summed E-state index contributed by atoms with van der Waals surface area (Å²) in [4.78, 5) is 15.1. The zero-order valence-corrected chi connectivity index (χ0v) is 15.8. The lowest BCUT2D eigenvalue weighted by Gasteiger charge is -2.43. The Labute approximate surface area is 170 Å². The minimum Gasteiger partial charge on any atom is -0.479 e. The molecule has 0 amide bonds. The molecule has 0 aliphatic carbocycles. The molecular formula is C26H21NO2. The number of anilines is 2. The van der Waals surface area contributed by atoms with E-state index >= 15 is 0 Å². The van der Waals surface area contributed by atoms with Crippen LogP contribution in [-0.2, 0) is 10.3 Å². The van der Waals surface area contributed by atoms with Gasteiger partial charge in [0.1, 0.15) is 0 Å². The Bertz CT molecular complexity index is 986. The zero-order valence-electron chi connectivity index (χ0n) is 15.8. The average Bonchev–Trinajstić information content (AvgIpc) is 2.79. The molecule has 3 heteroatoms. The highest BCUT2D eigenvalue weighted by atomic mass is 16.4. The molecule has 0 saturated carbocycles. The largest absolute Gasteiger partial charge is 0.479 e. The van der Waals surface area contributed by atoms with Gasteiger partial charge in [-0.3, -0.25) is 0 Å². The molecule has 0 heterocycles. The van der Waals surface area contributed by atoms with Crippen molar-refractivity contribution in [1.82, 2.24) is 0 Å². The smallest absolute Gasteiger partial charge is 0.339 e. The molecule has 4 aromatic rings. The van der Waals surface area contributed by atoms with Crippen molar-refractivity contribution in [1.29, 1.82) is 0 Å². The van der Waals surface area contributed by atoms with Gasteiger partial charge < -0.3 is 10.0 Å². The van der Waals surface area contributed by atoms with Crippen molar-refractivity contribution < 1.29 is 9.90 Å². The number of aliphatic carboxylic acids is 1. The Hall–Kier alpha value is -3.85. The molecule has 3 nitrogen and oxygen atoms in total. The number of hydrogen-bond acceptors (Lipinski definition) is 2. The lowest BCUT2D eigenvalue weighted by molar-refractivity contribution is -0.141. The Kier molecular flexibility index (Phi) is 5.12. The van der Waals surface area contributed by atoms with Crippen LogP contribution in [0, 0.1) is 0 Å². The first-order valence-electron chi connectivity index (χ1n) is 9.49. The van der Waals surface area contributed by atoms with Crippen LogP contribution in [0.1, 0.15) is 11.1 Å². The Morgan fingerprint density at radius 3 is 1.17 bits per heavy atom. The van der Waals surface area contributed by atoms with Gasteiger partial charge in [0.2, 0.25) is 0 Å². The number of nitrogens with zero attached hydrogens (tertiary/aromatic N) is 1. The van der Waals surface area contributed by atoms with Crippen LogP contribution >= 0.6 is 0 Å². The first kappa shape index (κ1) is 18.5. The summed E-state index contributed by atoms with van der Waals surface area (Å²) in [6.07, 6.45) is 0. The summed E-state index contributed by atoms with van der Waals surface area (Å²) in [5.41, 5.74) is 1.53. The molecule has 0 fully saturated rings. The maximum absolute atomic E-state index is 13.2. The van der Waals surface area contributed by atoms with Crippen molar-refractivity contribution in [2.45, 2.75) is 5.54 Å². The van der Waals surface area contributed by atoms with Gasteiger partial charge in [-0.15, -0.1) is 0 Å². The van der Waals surface area contributed by atoms with Crippen LogP contribution in [0.5, 0.6) is 0 Å². The number of carboxylic acid groups (broad SMARTS) is 1. The van der Waals surface area contributed by atoms with Gasteiger partial charge in [0, 0.05) is 11.4 Å². The van der Waals surface area contributed by atoms with Gasteiger partial charge in [-0.25, -0.2) is 4.79 Å². The summed E-state index contributed by atoms with van der Waals surface area (Å²) in [6, 6.07) is 38.1. The minimum absolute atomic E-state index is 0.686. The van der Waals surface area contributed by atoms with E-state index in [1.165, 1.54) is 0 Å². The highest BCUT2D eigenvalue weighted by Gasteiger charge is 2.48. The second-order valence-corrected chi connectivity index (χ2v) is 6.75. The average molecular weight is 379 g/mol.